The molecule has 0 spiro atoms. The van der Waals surface area contributed by atoms with E-state index in [0.717, 1.165) is 140 Å². The zero-order valence-corrected chi connectivity index (χ0v) is 33.9. The van der Waals surface area contributed by atoms with Gasteiger partial charge in [-0.3, -0.25) is 0 Å². The third-order valence-corrected chi connectivity index (χ3v) is 15.9. The maximum absolute atomic E-state index is 12.6. The highest BCUT2D eigenvalue weighted by molar-refractivity contribution is 5.93. The number of fused-ring (bicyclic) bond motifs is 10. The third-order valence-electron chi connectivity index (χ3n) is 15.9. The van der Waals surface area contributed by atoms with Crippen molar-refractivity contribution < 1.29 is 29.5 Å². The van der Waals surface area contributed by atoms with E-state index in [2.05, 4.69) is 36.3 Å². The van der Waals surface area contributed by atoms with Gasteiger partial charge in [0.15, 0.2) is 0 Å². The first kappa shape index (κ1) is 39.2. The van der Waals surface area contributed by atoms with Gasteiger partial charge in [0.1, 0.15) is 11.5 Å². The van der Waals surface area contributed by atoms with Gasteiger partial charge in [-0.2, -0.15) is 0 Å². The van der Waals surface area contributed by atoms with Crippen LogP contribution in [0.3, 0.4) is 0 Å². The fraction of sp³-hybridized carbons (Fsp3) is 0.667. The molecule has 6 aliphatic rings. The first-order valence-corrected chi connectivity index (χ1v) is 22.3. The van der Waals surface area contributed by atoms with Gasteiger partial charge in [0.2, 0.25) is 0 Å². The lowest BCUT2D eigenvalue weighted by atomic mass is 9.55. The molecule has 8 rings (SSSR count). The number of carbonyl (C=O) groups excluding carboxylic acids is 2. The summed E-state index contributed by atoms with van der Waals surface area (Å²) in [5.41, 5.74) is 7.69. The summed E-state index contributed by atoms with van der Waals surface area (Å²) >= 11 is 0. The van der Waals surface area contributed by atoms with E-state index in [1.165, 1.54) is 22.3 Å². The maximum Gasteiger partial charge on any atom is 0.335 e. The number of benzene rings is 2. The summed E-state index contributed by atoms with van der Waals surface area (Å²) in [6, 6.07) is 11.9. The molecule has 2 aromatic rings. The predicted molar refractivity (Wildman–Crippen MR) is 219 cm³/mol. The van der Waals surface area contributed by atoms with Gasteiger partial charge >= 0.3 is 11.9 Å². The van der Waals surface area contributed by atoms with Crippen molar-refractivity contribution >= 4 is 23.4 Å². The quantitative estimate of drug-likeness (QED) is 0.119. The van der Waals surface area contributed by atoms with Crippen molar-refractivity contribution in [2.75, 3.05) is 0 Å². The lowest BCUT2D eigenvalue weighted by Crippen LogP contribution is -2.42. The summed E-state index contributed by atoms with van der Waals surface area (Å²) in [5, 5.41) is 29.0. The van der Waals surface area contributed by atoms with Crippen LogP contribution in [0.15, 0.2) is 46.7 Å². The van der Waals surface area contributed by atoms with Crippen LogP contribution in [0.4, 0.5) is 0 Å². The Balaban J connectivity index is 0.675. The van der Waals surface area contributed by atoms with E-state index in [1.807, 2.05) is 24.3 Å². The Morgan fingerprint density at radius 2 is 1.00 bits per heavy atom. The number of nitrogens with zero attached hydrogens (tertiary/aromatic N) is 2. The Bertz CT molecular complexity index is 1700. The Morgan fingerprint density at radius 3 is 1.43 bits per heavy atom. The van der Waals surface area contributed by atoms with Crippen LogP contribution in [0, 0.1) is 34.5 Å². The molecule has 4 fully saturated rings. The van der Waals surface area contributed by atoms with E-state index in [0.29, 0.717) is 59.8 Å². The highest BCUT2D eigenvalue weighted by Crippen LogP contribution is 2.61. The van der Waals surface area contributed by atoms with Crippen molar-refractivity contribution in [2.45, 2.75) is 167 Å². The normalized spacial score (nSPS) is 32.8. The van der Waals surface area contributed by atoms with Crippen molar-refractivity contribution in [1.82, 2.24) is 0 Å². The second-order valence-corrected chi connectivity index (χ2v) is 18.9. The molecule has 2 N–H and O–H groups in total. The molecule has 6 aliphatic carbocycles. The molecule has 8 heteroatoms. The molecule has 8 nitrogen and oxygen atoms in total. The first-order valence-electron chi connectivity index (χ1n) is 22.3. The highest BCUT2D eigenvalue weighted by atomic mass is 16.7. The summed E-state index contributed by atoms with van der Waals surface area (Å²) in [6.07, 6.45) is 21.8. The number of aromatic hydroxyl groups is 2. The van der Waals surface area contributed by atoms with E-state index in [-0.39, 0.29) is 22.8 Å². The number of aryl methyl sites for hydroxylation is 2. The maximum atomic E-state index is 12.6. The third kappa shape index (κ3) is 7.79. The molecular weight excluding hydrogens is 701 g/mol. The van der Waals surface area contributed by atoms with Gasteiger partial charge in [0, 0.05) is 23.7 Å². The van der Waals surface area contributed by atoms with Gasteiger partial charge in [-0.05, 0) is 172 Å². The van der Waals surface area contributed by atoms with E-state index >= 15 is 0 Å². The molecule has 4 saturated carbocycles. The summed E-state index contributed by atoms with van der Waals surface area (Å²) in [5.74, 6) is 3.84. The van der Waals surface area contributed by atoms with E-state index in [4.69, 9.17) is 9.68 Å². The lowest BCUT2D eigenvalue weighted by Gasteiger charge is -2.49. The number of hydrogen-bond acceptors (Lipinski definition) is 8. The van der Waals surface area contributed by atoms with Gasteiger partial charge in [0.25, 0.3) is 0 Å². The van der Waals surface area contributed by atoms with Crippen molar-refractivity contribution in [3.8, 4) is 11.5 Å². The number of phenols is 2. The lowest BCUT2D eigenvalue weighted by molar-refractivity contribution is -0.144. The van der Waals surface area contributed by atoms with Crippen molar-refractivity contribution in [2.24, 2.45) is 44.8 Å². The van der Waals surface area contributed by atoms with Gasteiger partial charge in [-0.1, -0.05) is 74.8 Å². The predicted octanol–water partition coefficient (Wildman–Crippen LogP) is 11.2. The van der Waals surface area contributed by atoms with Gasteiger partial charge in [0.05, 0.1) is 11.4 Å². The van der Waals surface area contributed by atoms with Crippen LogP contribution < -0.4 is 0 Å². The average molecular weight is 765 g/mol. The monoisotopic (exact) mass is 764 g/mol. The molecule has 0 saturated heterocycles. The number of hydrogen-bond donors (Lipinski definition) is 2. The molecular formula is C48H64N2O6. The minimum Gasteiger partial charge on any atom is -0.508 e. The number of phenolic OH excluding ortho intramolecular Hbond substituents is 2. The molecule has 0 aliphatic heterocycles. The zero-order valence-electron chi connectivity index (χ0n) is 33.9. The molecule has 8 atom stereocenters. The van der Waals surface area contributed by atoms with Gasteiger partial charge in [-0.25, -0.2) is 9.59 Å². The van der Waals surface area contributed by atoms with Crippen LogP contribution >= 0.6 is 0 Å². The Kier molecular flexibility index (Phi) is 11.6. The fourth-order valence-electron chi connectivity index (χ4n) is 12.9. The van der Waals surface area contributed by atoms with Crippen molar-refractivity contribution in [3.63, 3.8) is 0 Å². The Morgan fingerprint density at radius 1 is 0.589 bits per heavy atom. The minimum absolute atomic E-state index is 0.0134. The largest absolute Gasteiger partial charge is 0.508 e. The summed E-state index contributed by atoms with van der Waals surface area (Å²) in [7, 11) is 0. The zero-order chi connectivity index (χ0) is 38.9. The molecule has 0 bridgehead atoms. The number of oxime groups is 2. The second kappa shape index (κ2) is 16.7. The molecule has 0 amide bonds. The standard InChI is InChI=1S/C48H64N2O6/c1-47-27-25-37-35-19-15-33(51)29-31(35)13-17-39(37)41(47)21-23-43(47)49-55-45(53)11-9-7-5-3-4-6-8-10-12-46(54)56-50-44-24-22-42-40-18-14-32-30-34(52)16-20-36(32)38(40)26-28-48(42,44)2/h15-16,19-20,29-30,37-42,51-52H,3-14,17-18,21-28H2,1-2H3/b49-43-,50-44-/t37-,38-,39-,40-,41+,42+,47+,48+/m1/s1. The topological polar surface area (TPSA) is 118 Å². The summed E-state index contributed by atoms with van der Waals surface area (Å²) in [4.78, 5) is 36.3. The highest BCUT2D eigenvalue weighted by Gasteiger charge is 2.55. The number of carbonyl (C=O) groups is 2. The fourth-order valence-corrected chi connectivity index (χ4v) is 12.9. The molecule has 2 aromatic carbocycles. The van der Waals surface area contributed by atoms with Crippen molar-refractivity contribution in [3.05, 3.63) is 58.7 Å². The van der Waals surface area contributed by atoms with E-state index in [9.17, 15) is 19.8 Å². The summed E-state index contributed by atoms with van der Waals surface area (Å²) in [6.45, 7) is 4.70. The Hall–Kier alpha value is -3.68. The number of unbranched alkanes of at least 4 members (excludes halogenated alkanes) is 7. The van der Waals surface area contributed by atoms with Crippen LogP contribution in [0.2, 0.25) is 0 Å². The molecule has 0 unspecified atom stereocenters. The van der Waals surface area contributed by atoms with E-state index in [1.54, 1.807) is 0 Å². The van der Waals surface area contributed by atoms with E-state index < -0.39 is 0 Å². The van der Waals surface area contributed by atoms with Crippen LogP contribution in [-0.2, 0) is 32.1 Å². The van der Waals surface area contributed by atoms with Gasteiger partial charge < -0.3 is 19.9 Å². The first-order chi connectivity index (χ1) is 27.1. The van der Waals surface area contributed by atoms with Crippen LogP contribution in [-0.4, -0.2) is 33.6 Å². The molecule has 0 radical (unpaired) electrons. The number of rotatable bonds is 13. The average Bonchev–Trinajstić information content (AvgIpc) is 3.72. The summed E-state index contributed by atoms with van der Waals surface area (Å²) < 4.78 is 0. The van der Waals surface area contributed by atoms with Crippen molar-refractivity contribution in [1.29, 1.82) is 0 Å². The smallest absolute Gasteiger partial charge is 0.335 e. The van der Waals surface area contributed by atoms with Crippen LogP contribution in [0.1, 0.15) is 176 Å². The molecule has 56 heavy (non-hydrogen) atoms. The molecule has 302 valence electrons. The minimum atomic E-state index is -0.214. The van der Waals surface area contributed by atoms with Gasteiger partial charge in [-0.15, -0.1) is 0 Å². The molecule has 0 aromatic heterocycles. The van der Waals surface area contributed by atoms with Crippen LogP contribution in [0.5, 0.6) is 11.5 Å². The van der Waals surface area contributed by atoms with Crippen LogP contribution in [0.25, 0.3) is 0 Å². The second-order valence-electron chi connectivity index (χ2n) is 18.9. The SMILES string of the molecule is C[C@]12CC[C@@H]3c4ccc(O)cc4CC[C@H]3[C@@H]1CC/C2=N/OC(=O)CCCCCCCCCCC(=O)O/N=C1/CC[C@H]2[C@@H]3CCc4cc(O)ccc4[C@H]3CC[C@]12C. The molecule has 0 heterocycles. The Labute approximate surface area is 333 Å².